The molecule has 5 rings (SSSR count). The lowest BCUT2D eigenvalue weighted by Gasteiger charge is -2.15. The summed E-state index contributed by atoms with van der Waals surface area (Å²) in [7, 11) is 0. The van der Waals surface area contributed by atoms with E-state index in [1.807, 2.05) is 36.7 Å². The third-order valence-electron chi connectivity index (χ3n) is 6.83. The highest BCUT2D eigenvalue weighted by Crippen LogP contribution is 2.34. The molecule has 1 atom stereocenters. The number of allylic oxidation sites excluding steroid dienone is 3. The molecule has 5 aromatic heterocycles. The molecule has 0 aliphatic rings. The fraction of sp³-hybridized carbons (Fsp3) is 0.161. The number of hydrogen-bond acceptors (Lipinski definition) is 5. The van der Waals surface area contributed by atoms with Crippen LogP contribution in [0.5, 0.6) is 0 Å². The Kier molecular flexibility index (Phi) is 7.00. The molecule has 0 saturated carbocycles. The van der Waals surface area contributed by atoms with E-state index in [1.165, 1.54) is 0 Å². The van der Waals surface area contributed by atoms with Crippen molar-refractivity contribution in [1.82, 2.24) is 30.1 Å². The minimum absolute atomic E-state index is 0.371. The Morgan fingerprint density at radius 2 is 1.92 bits per heavy atom. The van der Waals surface area contributed by atoms with Gasteiger partial charge in [0.15, 0.2) is 0 Å². The molecule has 0 aliphatic heterocycles. The lowest BCUT2D eigenvalue weighted by molar-refractivity contribution is 0.662. The molecule has 0 aliphatic carbocycles. The van der Waals surface area contributed by atoms with Crippen molar-refractivity contribution in [2.45, 2.75) is 27.2 Å². The van der Waals surface area contributed by atoms with Crippen LogP contribution in [0, 0.1) is 12.8 Å². The summed E-state index contributed by atoms with van der Waals surface area (Å²) in [5.41, 5.74) is 10.5. The fourth-order valence-electron chi connectivity index (χ4n) is 4.44. The molecule has 0 fully saturated rings. The summed E-state index contributed by atoms with van der Waals surface area (Å²) in [6, 6.07) is 10.2. The van der Waals surface area contributed by atoms with Crippen LogP contribution in [-0.2, 0) is 0 Å². The highest BCUT2D eigenvalue weighted by atomic mass is 15.1. The van der Waals surface area contributed by atoms with Gasteiger partial charge >= 0.3 is 0 Å². The first kappa shape index (κ1) is 24.9. The van der Waals surface area contributed by atoms with Crippen molar-refractivity contribution < 1.29 is 0 Å². The molecule has 0 spiro atoms. The number of anilines is 1. The predicted octanol–water partition coefficient (Wildman–Crippen LogP) is 7.31. The molecule has 0 radical (unpaired) electrons. The zero-order valence-electron chi connectivity index (χ0n) is 21.9. The van der Waals surface area contributed by atoms with Crippen LogP contribution in [0.15, 0.2) is 92.3 Å². The van der Waals surface area contributed by atoms with Gasteiger partial charge in [0, 0.05) is 46.5 Å². The maximum Gasteiger partial charge on any atom is 0.116 e. The van der Waals surface area contributed by atoms with E-state index in [0.29, 0.717) is 5.92 Å². The summed E-state index contributed by atoms with van der Waals surface area (Å²) in [5.74, 6) is 0.371. The van der Waals surface area contributed by atoms with Crippen molar-refractivity contribution in [3.05, 3.63) is 109 Å². The number of aromatic amines is 2. The summed E-state index contributed by atoms with van der Waals surface area (Å²) < 4.78 is 0. The molecular weight excluding hydrogens is 470 g/mol. The Morgan fingerprint density at radius 3 is 2.68 bits per heavy atom. The Bertz CT molecular complexity index is 1640. The number of fused-ring (bicyclic) bond motifs is 1. The zero-order valence-corrected chi connectivity index (χ0v) is 21.9. The molecule has 3 N–H and O–H groups in total. The minimum atomic E-state index is 0.371. The second-order valence-corrected chi connectivity index (χ2v) is 9.38. The van der Waals surface area contributed by atoms with Gasteiger partial charge < -0.3 is 10.3 Å². The first-order chi connectivity index (χ1) is 18.5. The van der Waals surface area contributed by atoms with Gasteiger partial charge in [0.05, 0.1) is 35.0 Å². The third kappa shape index (κ3) is 4.91. The molecule has 7 nitrogen and oxygen atoms in total. The average Bonchev–Trinajstić information content (AvgIpc) is 3.54. The molecule has 5 aromatic rings. The van der Waals surface area contributed by atoms with Crippen LogP contribution in [0.2, 0.25) is 0 Å². The van der Waals surface area contributed by atoms with Gasteiger partial charge in [0.25, 0.3) is 0 Å². The number of rotatable bonds is 9. The smallest absolute Gasteiger partial charge is 0.116 e. The molecule has 0 aromatic carbocycles. The van der Waals surface area contributed by atoms with Crippen molar-refractivity contribution in [3.8, 4) is 22.6 Å². The van der Waals surface area contributed by atoms with E-state index in [0.717, 1.165) is 73.7 Å². The molecule has 0 amide bonds. The van der Waals surface area contributed by atoms with E-state index < -0.39 is 0 Å². The first-order valence-corrected chi connectivity index (χ1v) is 12.7. The fourth-order valence-corrected chi connectivity index (χ4v) is 4.44. The van der Waals surface area contributed by atoms with E-state index in [2.05, 4.69) is 81.5 Å². The SMILES string of the molecule is C=C/C=C(/c1ccncc1)c1cc(-c2n[nH]c3cnc(-c4cncc(NC(=C)C(C)CC)c4)cc23)[nH]c1C. The second kappa shape index (κ2) is 10.7. The number of aryl methyl sites for hydroxylation is 1. The predicted molar refractivity (Wildman–Crippen MR) is 155 cm³/mol. The van der Waals surface area contributed by atoms with Crippen LogP contribution in [0.3, 0.4) is 0 Å². The summed E-state index contributed by atoms with van der Waals surface area (Å²) in [4.78, 5) is 16.8. The standard InChI is InChI=1S/C31H31N7/c1-6-8-25(22-9-11-32-12-10-22)26-14-29(36-21(26)5)31-27-15-28(34-18-30(27)37-38-31)23-13-24(17-33-16-23)35-20(4)19(3)7-2/h6,8-19,35-36H,1,4,7H2,2-3,5H3,(H,37,38)/b25-8-. The van der Waals surface area contributed by atoms with E-state index in [-0.39, 0.29) is 0 Å². The molecular formula is C31H31N7. The van der Waals surface area contributed by atoms with Gasteiger partial charge in [-0.15, -0.1) is 0 Å². The molecule has 0 bridgehead atoms. The quantitative estimate of drug-likeness (QED) is 0.184. The monoisotopic (exact) mass is 501 g/mol. The third-order valence-corrected chi connectivity index (χ3v) is 6.83. The molecule has 38 heavy (non-hydrogen) atoms. The van der Waals surface area contributed by atoms with Crippen molar-refractivity contribution in [2.24, 2.45) is 5.92 Å². The number of aromatic nitrogens is 6. The number of nitrogens with one attached hydrogen (secondary N) is 3. The zero-order chi connectivity index (χ0) is 26.6. The molecule has 0 saturated heterocycles. The van der Waals surface area contributed by atoms with Gasteiger partial charge in [-0.1, -0.05) is 39.2 Å². The van der Waals surface area contributed by atoms with Crippen LogP contribution in [0.4, 0.5) is 5.69 Å². The maximum absolute atomic E-state index is 4.67. The number of nitrogens with zero attached hydrogens (tertiary/aromatic N) is 4. The summed E-state index contributed by atoms with van der Waals surface area (Å²) >= 11 is 0. The van der Waals surface area contributed by atoms with Crippen LogP contribution in [0.25, 0.3) is 39.1 Å². The summed E-state index contributed by atoms with van der Waals surface area (Å²) in [5, 5.41) is 12.1. The van der Waals surface area contributed by atoms with Gasteiger partial charge in [-0.2, -0.15) is 5.10 Å². The lowest BCUT2D eigenvalue weighted by Crippen LogP contribution is -2.07. The van der Waals surface area contributed by atoms with Gasteiger partial charge in [0.1, 0.15) is 5.69 Å². The van der Waals surface area contributed by atoms with Crippen molar-refractivity contribution >= 4 is 22.2 Å². The van der Waals surface area contributed by atoms with E-state index in [4.69, 9.17) is 0 Å². The Labute approximate surface area is 222 Å². The normalized spacial score (nSPS) is 12.4. The lowest BCUT2D eigenvalue weighted by atomic mass is 9.98. The van der Waals surface area contributed by atoms with Crippen molar-refractivity contribution in [2.75, 3.05) is 5.32 Å². The van der Waals surface area contributed by atoms with Crippen molar-refractivity contribution in [3.63, 3.8) is 0 Å². The van der Waals surface area contributed by atoms with Gasteiger partial charge in [0.2, 0.25) is 0 Å². The van der Waals surface area contributed by atoms with Gasteiger partial charge in [-0.05, 0) is 60.7 Å². The van der Waals surface area contributed by atoms with Gasteiger partial charge in [-0.25, -0.2) is 0 Å². The second-order valence-electron chi connectivity index (χ2n) is 9.38. The number of H-pyrrole nitrogens is 2. The number of pyridine rings is 3. The van der Waals surface area contributed by atoms with Crippen LogP contribution >= 0.6 is 0 Å². The van der Waals surface area contributed by atoms with Crippen LogP contribution < -0.4 is 5.32 Å². The largest absolute Gasteiger partial charge is 0.358 e. The highest BCUT2D eigenvalue weighted by Gasteiger charge is 2.17. The Morgan fingerprint density at radius 1 is 1.11 bits per heavy atom. The molecule has 1 unspecified atom stereocenters. The van der Waals surface area contributed by atoms with E-state index >= 15 is 0 Å². The van der Waals surface area contributed by atoms with E-state index in [9.17, 15) is 0 Å². The topological polar surface area (TPSA) is 95.2 Å². The maximum atomic E-state index is 4.67. The summed E-state index contributed by atoms with van der Waals surface area (Å²) in [6.07, 6.45) is 13.9. The molecule has 7 heteroatoms. The van der Waals surface area contributed by atoms with Gasteiger partial charge in [-0.3, -0.25) is 20.1 Å². The van der Waals surface area contributed by atoms with Crippen LogP contribution in [0.1, 0.15) is 37.1 Å². The summed E-state index contributed by atoms with van der Waals surface area (Å²) in [6.45, 7) is 14.5. The first-order valence-electron chi connectivity index (χ1n) is 12.7. The molecule has 5 heterocycles. The van der Waals surface area contributed by atoms with Crippen molar-refractivity contribution in [1.29, 1.82) is 0 Å². The minimum Gasteiger partial charge on any atom is -0.358 e. The Balaban J connectivity index is 1.52. The Hall–Kier alpha value is -4.78. The average molecular weight is 502 g/mol. The van der Waals surface area contributed by atoms with E-state index in [1.54, 1.807) is 24.7 Å². The number of hydrogen-bond donors (Lipinski definition) is 3. The highest BCUT2D eigenvalue weighted by molar-refractivity contribution is 5.95. The van der Waals surface area contributed by atoms with Crippen LogP contribution in [-0.4, -0.2) is 30.1 Å². The molecule has 190 valence electrons.